The second-order valence-electron chi connectivity index (χ2n) is 8.43. The zero-order chi connectivity index (χ0) is 23.9. The van der Waals surface area contributed by atoms with E-state index >= 15 is 0 Å². The maximum Gasteiger partial charge on any atom is 0.274 e. The molecular formula is C24H22ClFN4O3. The average Bonchev–Trinajstić information content (AvgIpc) is 3.19. The van der Waals surface area contributed by atoms with Crippen LogP contribution in [-0.4, -0.2) is 31.2 Å². The predicted octanol–water partition coefficient (Wildman–Crippen LogP) is 4.03. The number of aromatic nitrogens is 3. The molecule has 4 aromatic rings. The number of amides is 1. The summed E-state index contributed by atoms with van der Waals surface area (Å²) in [6, 6.07) is 11.4. The van der Waals surface area contributed by atoms with Crippen molar-refractivity contribution in [2.24, 2.45) is 0 Å². The molecule has 2 heterocycles. The van der Waals surface area contributed by atoms with Gasteiger partial charge in [-0.1, -0.05) is 35.9 Å². The van der Waals surface area contributed by atoms with Crippen LogP contribution in [0.4, 0.5) is 4.39 Å². The summed E-state index contributed by atoms with van der Waals surface area (Å²) in [6.45, 7) is 4.95. The van der Waals surface area contributed by atoms with E-state index in [1.165, 1.54) is 48.7 Å². The lowest BCUT2D eigenvalue weighted by molar-refractivity contribution is 0.0342. The minimum absolute atomic E-state index is 0.00375. The van der Waals surface area contributed by atoms with Crippen molar-refractivity contribution in [3.8, 4) is 11.3 Å². The summed E-state index contributed by atoms with van der Waals surface area (Å²) in [5.74, 6) is -1.01. The van der Waals surface area contributed by atoms with Crippen LogP contribution in [0.2, 0.25) is 5.02 Å². The second kappa shape index (κ2) is 8.46. The van der Waals surface area contributed by atoms with Crippen LogP contribution in [0, 0.1) is 12.7 Å². The number of fused-ring (bicyclic) bond motifs is 1. The minimum Gasteiger partial charge on any atom is -0.388 e. The third-order valence-corrected chi connectivity index (χ3v) is 5.78. The molecule has 1 atom stereocenters. The first-order valence-electron chi connectivity index (χ1n) is 10.2. The van der Waals surface area contributed by atoms with E-state index in [1.807, 2.05) is 19.1 Å². The van der Waals surface area contributed by atoms with Gasteiger partial charge in [0.1, 0.15) is 11.3 Å². The number of nitrogens with one attached hydrogen (secondary N) is 2. The molecule has 0 aliphatic carbocycles. The highest BCUT2D eigenvalue weighted by molar-refractivity contribution is 6.31. The predicted molar refractivity (Wildman–Crippen MR) is 124 cm³/mol. The molecule has 0 aliphatic heterocycles. The molecule has 4 rings (SSSR count). The Morgan fingerprint density at radius 3 is 2.55 bits per heavy atom. The van der Waals surface area contributed by atoms with Crippen LogP contribution in [0.15, 0.2) is 59.5 Å². The van der Waals surface area contributed by atoms with Gasteiger partial charge in [0.15, 0.2) is 5.69 Å². The summed E-state index contributed by atoms with van der Waals surface area (Å²) in [5, 5.41) is 18.1. The van der Waals surface area contributed by atoms with Crippen molar-refractivity contribution < 1.29 is 14.3 Å². The molecule has 0 fully saturated rings. The molecule has 0 spiro atoms. The fourth-order valence-corrected chi connectivity index (χ4v) is 3.73. The van der Waals surface area contributed by atoms with Crippen molar-refractivity contribution in [1.82, 2.24) is 19.9 Å². The van der Waals surface area contributed by atoms with Crippen LogP contribution < -0.4 is 10.9 Å². The number of carbonyl (C=O) groups is 1. The SMILES string of the molecule is Cc1ccc(-c2cn3nc(C(=O)N[C@@H](c4ccc(F)cc4)C(C)(C)O)cc3c(=O)[nH]2)cc1Cl. The third-order valence-electron chi connectivity index (χ3n) is 5.37. The van der Waals surface area contributed by atoms with Gasteiger partial charge in [-0.15, -0.1) is 0 Å². The van der Waals surface area contributed by atoms with Gasteiger partial charge >= 0.3 is 0 Å². The minimum atomic E-state index is -1.35. The van der Waals surface area contributed by atoms with Crippen LogP contribution in [0.1, 0.15) is 41.5 Å². The molecule has 7 nitrogen and oxygen atoms in total. The summed E-state index contributed by atoms with van der Waals surface area (Å²) in [4.78, 5) is 28.4. The van der Waals surface area contributed by atoms with E-state index in [9.17, 15) is 19.1 Å². The number of aryl methyl sites for hydroxylation is 1. The number of rotatable bonds is 5. The molecular weight excluding hydrogens is 447 g/mol. The van der Waals surface area contributed by atoms with E-state index in [2.05, 4.69) is 15.4 Å². The Morgan fingerprint density at radius 2 is 1.91 bits per heavy atom. The highest BCUT2D eigenvalue weighted by Crippen LogP contribution is 2.27. The largest absolute Gasteiger partial charge is 0.388 e. The zero-order valence-corrected chi connectivity index (χ0v) is 18.9. The number of aliphatic hydroxyl groups is 1. The van der Waals surface area contributed by atoms with E-state index in [4.69, 9.17) is 11.6 Å². The molecule has 2 aromatic carbocycles. The van der Waals surface area contributed by atoms with Gasteiger partial charge in [0.25, 0.3) is 11.5 Å². The van der Waals surface area contributed by atoms with Crippen LogP contribution in [0.5, 0.6) is 0 Å². The number of halogens is 2. The summed E-state index contributed by atoms with van der Waals surface area (Å²) in [5.41, 5.74) is 1.03. The number of hydrogen-bond donors (Lipinski definition) is 3. The van der Waals surface area contributed by atoms with Crippen molar-refractivity contribution in [3.05, 3.63) is 92.7 Å². The molecule has 170 valence electrons. The van der Waals surface area contributed by atoms with E-state index < -0.39 is 28.9 Å². The Morgan fingerprint density at radius 1 is 1.21 bits per heavy atom. The van der Waals surface area contributed by atoms with Gasteiger partial charge in [-0.2, -0.15) is 5.10 Å². The van der Waals surface area contributed by atoms with Gasteiger partial charge in [0.2, 0.25) is 0 Å². The van der Waals surface area contributed by atoms with Crippen molar-refractivity contribution >= 4 is 23.0 Å². The molecule has 33 heavy (non-hydrogen) atoms. The molecule has 9 heteroatoms. The van der Waals surface area contributed by atoms with Gasteiger partial charge < -0.3 is 15.4 Å². The summed E-state index contributed by atoms with van der Waals surface area (Å²) >= 11 is 6.20. The molecule has 0 radical (unpaired) electrons. The second-order valence-corrected chi connectivity index (χ2v) is 8.84. The van der Waals surface area contributed by atoms with E-state index in [-0.39, 0.29) is 11.2 Å². The van der Waals surface area contributed by atoms with Gasteiger partial charge in [0.05, 0.1) is 23.5 Å². The number of benzene rings is 2. The van der Waals surface area contributed by atoms with Crippen molar-refractivity contribution in [2.75, 3.05) is 0 Å². The quantitative estimate of drug-likeness (QED) is 0.411. The summed E-state index contributed by atoms with van der Waals surface area (Å²) in [6.07, 6.45) is 1.60. The highest BCUT2D eigenvalue weighted by atomic mass is 35.5. The lowest BCUT2D eigenvalue weighted by Gasteiger charge is -2.30. The molecule has 0 unspecified atom stereocenters. The number of H-pyrrole nitrogens is 1. The molecule has 0 bridgehead atoms. The van der Waals surface area contributed by atoms with Crippen LogP contribution in [0.3, 0.4) is 0 Å². The van der Waals surface area contributed by atoms with Gasteiger partial charge in [-0.25, -0.2) is 8.91 Å². The van der Waals surface area contributed by atoms with Gasteiger partial charge in [0, 0.05) is 16.7 Å². The number of nitrogens with zero attached hydrogens (tertiary/aromatic N) is 2. The molecule has 3 N–H and O–H groups in total. The third kappa shape index (κ3) is 4.67. The normalized spacial score (nSPS) is 12.7. The summed E-state index contributed by atoms with van der Waals surface area (Å²) in [7, 11) is 0. The highest BCUT2D eigenvalue weighted by Gasteiger charge is 2.31. The number of aromatic amines is 1. The molecule has 0 saturated carbocycles. The average molecular weight is 469 g/mol. The zero-order valence-electron chi connectivity index (χ0n) is 18.2. The van der Waals surface area contributed by atoms with Crippen molar-refractivity contribution in [3.63, 3.8) is 0 Å². The Kier molecular flexibility index (Phi) is 5.82. The first-order valence-corrected chi connectivity index (χ1v) is 10.6. The molecule has 0 saturated heterocycles. The Balaban J connectivity index is 1.68. The Labute approximate surface area is 193 Å². The summed E-state index contributed by atoms with van der Waals surface area (Å²) < 4.78 is 14.7. The van der Waals surface area contributed by atoms with Gasteiger partial charge in [-0.3, -0.25) is 9.59 Å². The maximum absolute atomic E-state index is 13.3. The van der Waals surface area contributed by atoms with E-state index in [0.29, 0.717) is 21.8 Å². The number of carbonyl (C=O) groups excluding carboxylic acids is 1. The molecule has 2 aromatic heterocycles. The fraction of sp³-hybridized carbons (Fsp3) is 0.208. The number of hydrogen-bond acceptors (Lipinski definition) is 4. The van der Waals surface area contributed by atoms with Crippen molar-refractivity contribution in [2.45, 2.75) is 32.4 Å². The van der Waals surface area contributed by atoms with E-state index in [0.717, 1.165) is 5.56 Å². The Bertz CT molecular complexity index is 1400. The lowest BCUT2D eigenvalue weighted by atomic mass is 9.91. The van der Waals surface area contributed by atoms with E-state index in [1.54, 1.807) is 12.3 Å². The fourth-order valence-electron chi connectivity index (χ4n) is 3.55. The molecule has 0 aliphatic rings. The van der Waals surface area contributed by atoms with Crippen LogP contribution in [0.25, 0.3) is 16.8 Å². The maximum atomic E-state index is 13.3. The molecule has 1 amide bonds. The lowest BCUT2D eigenvalue weighted by Crippen LogP contribution is -2.42. The van der Waals surface area contributed by atoms with Gasteiger partial charge in [-0.05, 0) is 50.1 Å². The van der Waals surface area contributed by atoms with Crippen molar-refractivity contribution in [1.29, 1.82) is 0 Å². The smallest absolute Gasteiger partial charge is 0.274 e. The Hall–Kier alpha value is -3.49. The van der Waals surface area contributed by atoms with Crippen LogP contribution >= 0.6 is 11.6 Å². The monoisotopic (exact) mass is 468 g/mol. The van der Waals surface area contributed by atoms with Crippen LogP contribution in [-0.2, 0) is 0 Å². The first-order chi connectivity index (χ1) is 15.5. The topological polar surface area (TPSA) is 99.5 Å². The first kappa shape index (κ1) is 22.7. The standard InChI is InChI=1S/C24H22ClFN4O3/c1-13-4-5-15(10-17(13)25)19-12-30-20(23(32)27-19)11-18(29-30)22(31)28-21(24(2,3)33)14-6-8-16(26)9-7-14/h4-12,21,33H,1-3H3,(H,27,32)(H,28,31)/t21-/m0/s1.